The van der Waals surface area contributed by atoms with Crippen LogP contribution >= 0.6 is 0 Å². The van der Waals surface area contributed by atoms with Crippen LogP contribution in [0.2, 0.25) is 0 Å². The van der Waals surface area contributed by atoms with Crippen molar-refractivity contribution in [2.24, 2.45) is 0 Å². The monoisotopic (exact) mass is 340 g/mol. The molecule has 0 aliphatic carbocycles. The van der Waals surface area contributed by atoms with Crippen molar-refractivity contribution in [1.29, 1.82) is 0 Å². The number of aromatic amines is 1. The summed E-state index contributed by atoms with van der Waals surface area (Å²) < 4.78 is 6.05. The number of ether oxygens (including phenoxy) is 1. The van der Waals surface area contributed by atoms with E-state index in [0.717, 1.165) is 22.2 Å². The van der Waals surface area contributed by atoms with Crippen molar-refractivity contribution >= 4 is 22.6 Å². The zero-order valence-corrected chi connectivity index (χ0v) is 13.9. The number of benzene rings is 3. The first-order valence-corrected chi connectivity index (χ1v) is 8.46. The van der Waals surface area contributed by atoms with Crippen molar-refractivity contribution in [3.05, 3.63) is 101 Å². The van der Waals surface area contributed by atoms with Crippen LogP contribution < -0.4 is 5.73 Å². The molecule has 2 heterocycles. The highest BCUT2D eigenvalue weighted by molar-refractivity contribution is 5.98. The van der Waals surface area contributed by atoms with E-state index in [0.29, 0.717) is 16.8 Å². The summed E-state index contributed by atoms with van der Waals surface area (Å²) in [5, 5.41) is 1.05. The number of carbonyl (C=O) groups excluding carboxylic acids is 1. The third-order valence-electron chi connectivity index (χ3n) is 5.00. The maximum atomic E-state index is 12.7. The SMILES string of the molecule is Nc1cccc2c1C(c1ccccc1)(c1cc3ccccc3[nH]1)OC2=O. The molecule has 1 atom stereocenters. The zero-order chi connectivity index (χ0) is 17.7. The number of cyclic esters (lactones) is 1. The molecule has 3 N–H and O–H groups in total. The second kappa shape index (κ2) is 5.23. The molecular weight excluding hydrogens is 324 g/mol. The molecule has 4 heteroatoms. The molecule has 1 aliphatic heterocycles. The molecule has 0 saturated heterocycles. The summed E-state index contributed by atoms with van der Waals surface area (Å²) in [5.74, 6) is -0.366. The zero-order valence-electron chi connectivity index (χ0n) is 13.9. The fraction of sp³-hybridized carbons (Fsp3) is 0.0455. The molecule has 26 heavy (non-hydrogen) atoms. The van der Waals surface area contributed by atoms with E-state index in [4.69, 9.17) is 10.5 Å². The predicted molar refractivity (Wildman–Crippen MR) is 101 cm³/mol. The number of aromatic nitrogens is 1. The van der Waals surface area contributed by atoms with Crippen LogP contribution in [0.1, 0.15) is 27.2 Å². The maximum Gasteiger partial charge on any atom is 0.340 e. The van der Waals surface area contributed by atoms with E-state index < -0.39 is 5.60 Å². The Morgan fingerprint density at radius 1 is 0.885 bits per heavy atom. The summed E-state index contributed by atoms with van der Waals surface area (Å²) >= 11 is 0. The highest BCUT2D eigenvalue weighted by Crippen LogP contribution is 2.49. The molecule has 3 aromatic carbocycles. The molecule has 0 fully saturated rings. The first-order chi connectivity index (χ1) is 12.7. The summed E-state index contributed by atoms with van der Waals surface area (Å²) in [4.78, 5) is 16.1. The third-order valence-corrected chi connectivity index (χ3v) is 5.00. The van der Waals surface area contributed by atoms with Gasteiger partial charge >= 0.3 is 5.97 Å². The van der Waals surface area contributed by atoms with Gasteiger partial charge in [0, 0.05) is 22.3 Å². The topological polar surface area (TPSA) is 68.1 Å². The molecule has 4 nitrogen and oxygen atoms in total. The molecule has 1 unspecified atom stereocenters. The Kier molecular flexibility index (Phi) is 2.97. The molecular formula is C22H16N2O2. The first-order valence-electron chi connectivity index (χ1n) is 8.46. The lowest BCUT2D eigenvalue weighted by atomic mass is 9.82. The second-order valence-corrected chi connectivity index (χ2v) is 6.48. The number of esters is 1. The Morgan fingerprint density at radius 2 is 1.65 bits per heavy atom. The summed E-state index contributed by atoms with van der Waals surface area (Å²) in [7, 11) is 0. The second-order valence-electron chi connectivity index (χ2n) is 6.48. The van der Waals surface area contributed by atoms with Gasteiger partial charge in [-0.05, 0) is 29.7 Å². The van der Waals surface area contributed by atoms with E-state index in [1.54, 1.807) is 18.2 Å². The number of nitrogen functional groups attached to an aromatic ring is 1. The van der Waals surface area contributed by atoms with Gasteiger partial charge in [-0.2, -0.15) is 0 Å². The summed E-state index contributed by atoms with van der Waals surface area (Å²) in [6, 6.07) is 25.1. The van der Waals surface area contributed by atoms with E-state index >= 15 is 0 Å². The summed E-state index contributed by atoms with van der Waals surface area (Å²) in [5.41, 5.74) is 9.62. The Bertz CT molecular complexity index is 1110. The molecule has 0 radical (unpaired) electrons. The number of hydrogen-bond acceptors (Lipinski definition) is 3. The van der Waals surface area contributed by atoms with Crippen LogP contribution in [0.25, 0.3) is 10.9 Å². The molecule has 5 rings (SSSR count). The van der Waals surface area contributed by atoms with Gasteiger partial charge in [0.05, 0.1) is 11.3 Å². The minimum Gasteiger partial charge on any atom is -0.439 e. The van der Waals surface area contributed by atoms with Crippen LogP contribution in [-0.4, -0.2) is 11.0 Å². The number of nitrogens with one attached hydrogen (secondary N) is 1. The molecule has 0 saturated carbocycles. The third kappa shape index (κ3) is 1.87. The largest absolute Gasteiger partial charge is 0.439 e. The van der Waals surface area contributed by atoms with E-state index in [1.165, 1.54) is 0 Å². The van der Waals surface area contributed by atoms with Crippen molar-refractivity contribution in [1.82, 2.24) is 4.98 Å². The van der Waals surface area contributed by atoms with Gasteiger partial charge in [0.25, 0.3) is 0 Å². The van der Waals surface area contributed by atoms with E-state index in [-0.39, 0.29) is 5.97 Å². The van der Waals surface area contributed by atoms with Crippen LogP contribution in [-0.2, 0) is 10.3 Å². The van der Waals surface area contributed by atoms with Crippen LogP contribution in [0, 0.1) is 0 Å². The van der Waals surface area contributed by atoms with Crippen molar-refractivity contribution in [3.8, 4) is 0 Å². The molecule has 0 spiro atoms. The van der Waals surface area contributed by atoms with Gasteiger partial charge in [0.2, 0.25) is 5.60 Å². The minimum atomic E-state index is -1.09. The van der Waals surface area contributed by atoms with Crippen molar-refractivity contribution < 1.29 is 9.53 Å². The number of fused-ring (bicyclic) bond motifs is 2. The van der Waals surface area contributed by atoms with Gasteiger partial charge in [-0.15, -0.1) is 0 Å². The Labute approximate surface area is 150 Å². The van der Waals surface area contributed by atoms with Crippen molar-refractivity contribution in [3.63, 3.8) is 0 Å². The standard InChI is InChI=1S/C22H16N2O2/c23-17-11-6-10-16-20(17)22(26-21(16)25,15-8-2-1-3-9-15)19-13-14-7-4-5-12-18(14)24-19/h1-13,24H,23H2. The number of anilines is 1. The van der Waals surface area contributed by atoms with Gasteiger partial charge in [0.1, 0.15) is 0 Å². The molecule has 0 bridgehead atoms. The highest BCUT2D eigenvalue weighted by atomic mass is 16.6. The molecule has 126 valence electrons. The van der Waals surface area contributed by atoms with E-state index in [9.17, 15) is 4.79 Å². The summed E-state index contributed by atoms with van der Waals surface area (Å²) in [6.45, 7) is 0. The van der Waals surface area contributed by atoms with Crippen LogP contribution in [0.5, 0.6) is 0 Å². The fourth-order valence-corrected chi connectivity index (χ4v) is 3.86. The summed E-state index contributed by atoms with van der Waals surface area (Å²) in [6.07, 6.45) is 0. The lowest BCUT2D eigenvalue weighted by Gasteiger charge is -2.29. The van der Waals surface area contributed by atoms with Crippen LogP contribution in [0.4, 0.5) is 5.69 Å². The lowest BCUT2D eigenvalue weighted by Crippen LogP contribution is -2.30. The number of nitrogens with two attached hydrogens (primary N) is 1. The van der Waals surface area contributed by atoms with Gasteiger partial charge in [0.15, 0.2) is 0 Å². The average Bonchev–Trinajstić information content (AvgIpc) is 3.23. The molecule has 1 aromatic heterocycles. The Morgan fingerprint density at radius 3 is 2.46 bits per heavy atom. The first kappa shape index (κ1) is 14.8. The molecule has 0 amide bonds. The quantitative estimate of drug-likeness (QED) is 0.424. The fourth-order valence-electron chi connectivity index (χ4n) is 3.86. The van der Waals surface area contributed by atoms with Crippen molar-refractivity contribution in [2.45, 2.75) is 5.60 Å². The van der Waals surface area contributed by atoms with E-state index in [2.05, 4.69) is 4.98 Å². The van der Waals surface area contributed by atoms with Gasteiger partial charge < -0.3 is 15.5 Å². The van der Waals surface area contributed by atoms with Gasteiger partial charge in [-0.3, -0.25) is 0 Å². The van der Waals surface area contributed by atoms with Gasteiger partial charge in [-0.1, -0.05) is 54.6 Å². The maximum absolute atomic E-state index is 12.7. The molecule has 1 aliphatic rings. The van der Waals surface area contributed by atoms with E-state index in [1.807, 2.05) is 60.7 Å². The number of rotatable bonds is 2. The Hall–Kier alpha value is -3.53. The number of hydrogen-bond donors (Lipinski definition) is 2. The van der Waals surface area contributed by atoms with Crippen LogP contribution in [0.3, 0.4) is 0 Å². The molecule has 4 aromatic rings. The highest BCUT2D eigenvalue weighted by Gasteiger charge is 2.50. The minimum absolute atomic E-state index is 0.366. The predicted octanol–water partition coefficient (Wildman–Crippen LogP) is 4.21. The van der Waals surface area contributed by atoms with Crippen LogP contribution in [0.15, 0.2) is 78.9 Å². The van der Waals surface area contributed by atoms with Crippen molar-refractivity contribution in [2.75, 3.05) is 5.73 Å². The number of carbonyl (C=O) groups is 1. The lowest BCUT2D eigenvalue weighted by molar-refractivity contribution is 0.0242. The number of H-pyrrole nitrogens is 1. The van der Waals surface area contributed by atoms with Gasteiger partial charge in [-0.25, -0.2) is 4.79 Å². The smallest absolute Gasteiger partial charge is 0.340 e. The Balaban J connectivity index is 1.89. The number of para-hydroxylation sites is 1. The normalized spacial score (nSPS) is 18.7. The average molecular weight is 340 g/mol.